The van der Waals surface area contributed by atoms with Crippen LogP contribution < -0.4 is 16.0 Å². The highest BCUT2D eigenvalue weighted by atomic mass is 35.5. The number of imide groups is 1. The Morgan fingerprint density at radius 1 is 1.14 bits per heavy atom. The van der Waals surface area contributed by atoms with E-state index in [1.807, 2.05) is 4.90 Å². The zero-order valence-corrected chi connectivity index (χ0v) is 16.0. The fourth-order valence-corrected chi connectivity index (χ4v) is 3.42. The highest BCUT2D eigenvalue weighted by molar-refractivity contribution is 6.33. The minimum Gasteiger partial charge on any atom is -0.341 e. The van der Waals surface area contributed by atoms with E-state index in [1.54, 1.807) is 29.2 Å². The van der Waals surface area contributed by atoms with Gasteiger partial charge in [0.25, 0.3) is 5.91 Å². The molecule has 10 heteroatoms. The third kappa shape index (κ3) is 5.20. The number of benzene rings is 1. The van der Waals surface area contributed by atoms with Gasteiger partial charge in [0, 0.05) is 26.2 Å². The molecule has 5 amide bonds. The first kappa shape index (κ1) is 20.1. The first-order valence-electron chi connectivity index (χ1n) is 9.08. The van der Waals surface area contributed by atoms with Gasteiger partial charge in [-0.1, -0.05) is 23.7 Å². The molecule has 0 bridgehead atoms. The predicted molar refractivity (Wildman–Crippen MR) is 103 cm³/mol. The smallest absolute Gasteiger partial charge is 0.322 e. The van der Waals surface area contributed by atoms with E-state index in [0.29, 0.717) is 43.3 Å². The molecule has 1 aromatic carbocycles. The third-order valence-electron chi connectivity index (χ3n) is 4.69. The highest BCUT2D eigenvalue weighted by Gasteiger charge is 2.33. The van der Waals surface area contributed by atoms with Crippen molar-refractivity contribution < 1.29 is 19.2 Å². The molecule has 150 valence electrons. The van der Waals surface area contributed by atoms with Crippen LogP contribution in [0.15, 0.2) is 24.3 Å². The van der Waals surface area contributed by atoms with E-state index < -0.39 is 18.0 Å². The fourth-order valence-electron chi connectivity index (χ4n) is 3.24. The van der Waals surface area contributed by atoms with Gasteiger partial charge in [-0.25, -0.2) is 4.79 Å². The maximum atomic E-state index is 12.4. The van der Waals surface area contributed by atoms with E-state index in [2.05, 4.69) is 16.0 Å². The van der Waals surface area contributed by atoms with E-state index in [0.717, 1.165) is 0 Å². The van der Waals surface area contributed by atoms with Gasteiger partial charge in [-0.3, -0.25) is 24.6 Å². The van der Waals surface area contributed by atoms with Gasteiger partial charge >= 0.3 is 6.03 Å². The van der Waals surface area contributed by atoms with Crippen molar-refractivity contribution in [2.24, 2.45) is 0 Å². The molecule has 0 radical (unpaired) electrons. The minimum absolute atomic E-state index is 0.0649. The number of carbonyl (C=O) groups excluding carboxylic acids is 4. The van der Waals surface area contributed by atoms with Crippen LogP contribution in [0.4, 0.5) is 10.5 Å². The van der Waals surface area contributed by atoms with Crippen LogP contribution in [0, 0.1) is 0 Å². The summed E-state index contributed by atoms with van der Waals surface area (Å²) in [5.74, 6) is -0.839. The number of amides is 5. The zero-order chi connectivity index (χ0) is 20.1. The van der Waals surface area contributed by atoms with Crippen molar-refractivity contribution in [1.82, 2.24) is 20.4 Å². The van der Waals surface area contributed by atoms with Gasteiger partial charge in [0.15, 0.2) is 0 Å². The Balaban J connectivity index is 1.47. The van der Waals surface area contributed by atoms with Gasteiger partial charge < -0.3 is 15.5 Å². The lowest BCUT2D eigenvalue weighted by atomic mass is 10.2. The largest absolute Gasteiger partial charge is 0.341 e. The van der Waals surface area contributed by atoms with Crippen LogP contribution in [0.5, 0.6) is 0 Å². The zero-order valence-electron chi connectivity index (χ0n) is 15.2. The average molecular weight is 408 g/mol. The van der Waals surface area contributed by atoms with E-state index in [1.165, 1.54) is 0 Å². The van der Waals surface area contributed by atoms with Gasteiger partial charge in [0.1, 0.15) is 6.04 Å². The van der Waals surface area contributed by atoms with Crippen molar-refractivity contribution in [2.75, 3.05) is 38.0 Å². The molecule has 2 fully saturated rings. The number of nitrogens with zero attached hydrogens (tertiary/aromatic N) is 2. The second kappa shape index (κ2) is 9.03. The third-order valence-corrected chi connectivity index (χ3v) is 5.02. The molecule has 3 rings (SSSR count). The number of urea groups is 1. The second-order valence-electron chi connectivity index (χ2n) is 6.76. The van der Waals surface area contributed by atoms with Crippen molar-refractivity contribution in [1.29, 1.82) is 0 Å². The van der Waals surface area contributed by atoms with Crippen LogP contribution in [0.2, 0.25) is 5.02 Å². The molecule has 2 heterocycles. The van der Waals surface area contributed by atoms with Gasteiger partial charge in [0.2, 0.25) is 11.8 Å². The highest BCUT2D eigenvalue weighted by Crippen LogP contribution is 2.20. The predicted octanol–water partition coefficient (Wildman–Crippen LogP) is 0.411. The molecule has 2 aliphatic heterocycles. The topological polar surface area (TPSA) is 111 Å². The summed E-state index contributed by atoms with van der Waals surface area (Å²) in [6.45, 7) is 2.43. The summed E-state index contributed by atoms with van der Waals surface area (Å²) in [6, 6.07) is 5.64. The number of para-hydroxylation sites is 1. The molecule has 3 N–H and O–H groups in total. The van der Waals surface area contributed by atoms with Gasteiger partial charge in [-0.2, -0.15) is 0 Å². The van der Waals surface area contributed by atoms with Crippen molar-refractivity contribution in [3.05, 3.63) is 29.3 Å². The lowest BCUT2D eigenvalue weighted by Crippen LogP contribution is -2.41. The Morgan fingerprint density at radius 2 is 1.93 bits per heavy atom. The van der Waals surface area contributed by atoms with Crippen LogP contribution in [0.1, 0.15) is 12.8 Å². The first-order valence-corrected chi connectivity index (χ1v) is 9.46. The van der Waals surface area contributed by atoms with Crippen LogP contribution in [-0.2, 0) is 14.4 Å². The summed E-state index contributed by atoms with van der Waals surface area (Å²) in [5, 5.41) is 7.82. The van der Waals surface area contributed by atoms with E-state index in [4.69, 9.17) is 11.6 Å². The SMILES string of the molecule is O=C(CN1CCCN(C(=O)CC2NC(=O)NC2=O)CC1)Nc1ccccc1Cl. The molecule has 1 aromatic rings. The van der Waals surface area contributed by atoms with Crippen molar-refractivity contribution in [3.8, 4) is 0 Å². The van der Waals surface area contributed by atoms with Crippen LogP contribution in [0.25, 0.3) is 0 Å². The summed E-state index contributed by atoms with van der Waals surface area (Å²) in [5.41, 5.74) is 0.567. The molecule has 2 aliphatic rings. The van der Waals surface area contributed by atoms with Crippen molar-refractivity contribution in [2.45, 2.75) is 18.9 Å². The van der Waals surface area contributed by atoms with Gasteiger partial charge in [-0.15, -0.1) is 0 Å². The Bertz CT molecular complexity index is 787. The number of carbonyl (C=O) groups is 4. The van der Waals surface area contributed by atoms with E-state index in [-0.39, 0.29) is 24.8 Å². The van der Waals surface area contributed by atoms with E-state index in [9.17, 15) is 19.2 Å². The van der Waals surface area contributed by atoms with Crippen LogP contribution >= 0.6 is 11.6 Å². The van der Waals surface area contributed by atoms with Crippen LogP contribution in [0.3, 0.4) is 0 Å². The summed E-state index contributed by atoms with van der Waals surface area (Å²) in [4.78, 5) is 51.1. The summed E-state index contributed by atoms with van der Waals surface area (Å²) < 4.78 is 0. The van der Waals surface area contributed by atoms with Gasteiger partial charge in [0.05, 0.1) is 23.7 Å². The fraction of sp³-hybridized carbons (Fsp3) is 0.444. The maximum Gasteiger partial charge on any atom is 0.322 e. The number of anilines is 1. The van der Waals surface area contributed by atoms with Crippen molar-refractivity contribution >= 4 is 41.0 Å². The van der Waals surface area contributed by atoms with Gasteiger partial charge in [-0.05, 0) is 18.6 Å². The summed E-state index contributed by atoms with van der Waals surface area (Å²) >= 11 is 6.05. The second-order valence-corrected chi connectivity index (χ2v) is 7.17. The Kier molecular flexibility index (Phi) is 6.48. The van der Waals surface area contributed by atoms with Crippen molar-refractivity contribution in [3.63, 3.8) is 0 Å². The molecule has 1 unspecified atom stereocenters. The molecule has 0 aliphatic carbocycles. The first-order chi connectivity index (χ1) is 13.4. The Labute approximate surface area is 167 Å². The maximum absolute atomic E-state index is 12.4. The lowest BCUT2D eigenvalue weighted by molar-refractivity contribution is -0.133. The van der Waals surface area contributed by atoms with Crippen LogP contribution in [-0.4, -0.2) is 72.3 Å². The molecule has 1 atom stereocenters. The summed E-state index contributed by atoms with van der Waals surface area (Å²) in [6.07, 6.45) is 0.652. The molecule has 0 saturated carbocycles. The lowest BCUT2D eigenvalue weighted by Gasteiger charge is -2.22. The standard InChI is InChI=1S/C18H22ClN5O4/c19-12-4-1-2-5-13(12)20-15(25)11-23-6-3-7-24(9-8-23)16(26)10-14-17(27)22-18(28)21-14/h1-2,4-5,14H,3,6-11H2,(H,20,25)(H2,21,22,27,28). The number of hydrogen-bond acceptors (Lipinski definition) is 5. The monoisotopic (exact) mass is 407 g/mol. The number of hydrogen-bond donors (Lipinski definition) is 3. The number of halogens is 1. The number of rotatable bonds is 5. The normalized spacial score (nSPS) is 20.3. The molecular formula is C18H22ClN5O4. The summed E-state index contributed by atoms with van der Waals surface area (Å²) in [7, 11) is 0. The quantitative estimate of drug-likeness (QED) is 0.612. The number of nitrogens with one attached hydrogen (secondary N) is 3. The van der Waals surface area contributed by atoms with E-state index >= 15 is 0 Å². The average Bonchev–Trinajstić information content (AvgIpc) is 2.83. The minimum atomic E-state index is -0.819. The molecular weight excluding hydrogens is 386 g/mol. The molecule has 0 spiro atoms. The Morgan fingerprint density at radius 3 is 2.64 bits per heavy atom. The Hall–Kier alpha value is -2.65. The molecule has 0 aromatic heterocycles. The molecule has 28 heavy (non-hydrogen) atoms. The molecule has 9 nitrogen and oxygen atoms in total. The molecule has 2 saturated heterocycles.